The van der Waals surface area contributed by atoms with Gasteiger partial charge in [-0.3, -0.25) is 9.59 Å². The van der Waals surface area contributed by atoms with Gasteiger partial charge in [0, 0.05) is 24.9 Å². The highest BCUT2D eigenvalue weighted by atomic mass is 16.3. The maximum Gasteiger partial charge on any atom is 0.223 e. The van der Waals surface area contributed by atoms with Crippen LogP contribution >= 0.6 is 0 Å². The molecular formula is C13H24N2O3. The highest BCUT2D eigenvalue weighted by Gasteiger charge is 2.30. The monoisotopic (exact) mass is 256 g/mol. The van der Waals surface area contributed by atoms with Crippen LogP contribution in [0.5, 0.6) is 0 Å². The summed E-state index contributed by atoms with van der Waals surface area (Å²) < 4.78 is 0. The van der Waals surface area contributed by atoms with Crippen molar-refractivity contribution in [2.24, 2.45) is 17.6 Å². The molecule has 1 fully saturated rings. The van der Waals surface area contributed by atoms with Crippen LogP contribution in [-0.2, 0) is 9.59 Å². The molecule has 0 radical (unpaired) electrons. The fraction of sp³-hybridized carbons (Fsp3) is 0.846. The van der Waals surface area contributed by atoms with Crippen molar-refractivity contribution in [3.63, 3.8) is 0 Å². The molecule has 0 aromatic heterocycles. The van der Waals surface area contributed by atoms with Crippen LogP contribution in [0.15, 0.2) is 0 Å². The SMILES string of the molecule is CC(C)[C@H](N)[C@H](O)C(=O)C[C@H]1CCCCNC1=O. The Kier molecular flexibility index (Phi) is 5.75. The van der Waals surface area contributed by atoms with Crippen molar-refractivity contribution in [2.45, 2.75) is 51.7 Å². The Hall–Kier alpha value is -0.940. The van der Waals surface area contributed by atoms with Crippen molar-refractivity contribution < 1.29 is 14.7 Å². The van der Waals surface area contributed by atoms with Crippen LogP contribution in [0.3, 0.4) is 0 Å². The van der Waals surface area contributed by atoms with E-state index < -0.39 is 12.1 Å². The number of nitrogens with one attached hydrogen (secondary N) is 1. The highest BCUT2D eigenvalue weighted by Crippen LogP contribution is 2.18. The quantitative estimate of drug-likeness (QED) is 0.655. The number of carbonyl (C=O) groups is 2. The molecule has 1 aliphatic heterocycles. The van der Waals surface area contributed by atoms with Crippen molar-refractivity contribution in [1.82, 2.24) is 5.32 Å². The lowest BCUT2D eigenvalue weighted by atomic mass is 9.90. The Morgan fingerprint density at radius 1 is 1.50 bits per heavy atom. The maximum atomic E-state index is 11.9. The van der Waals surface area contributed by atoms with Gasteiger partial charge in [-0.1, -0.05) is 20.3 Å². The lowest BCUT2D eigenvalue weighted by Crippen LogP contribution is -2.45. The van der Waals surface area contributed by atoms with Gasteiger partial charge in [-0.15, -0.1) is 0 Å². The number of carbonyl (C=O) groups excluding carboxylic acids is 2. The first-order valence-corrected chi connectivity index (χ1v) is 6.67. The van der Waals surface area contributed by atoms with Crippen LogP contribution in [0.2, 0.25) is 0 Å². The molecular weight excluding hydrogens is 232 g/mol. The summed E-state index contributed by atoms with van der Waals surface area (Å²) in [6, 6.07) is -0.564. The number of amides is 1. The molecule has 1 amide bonds. The number of Topliss-reactive ketones (excluding diaryl/α,β-unsaturated/α-hetero) is 1. The molecule has 1 saturated heterocycles. The molecule has 4 N–H and O–H groups in total. The molecule has 5 heteroatoms. The molecule has 0 aromatic carbocycles. The van der Waals surface area contributed by atoms with Gasteiger partial charge >= 0.3 is 0 Å². The molecule has 5 nitrogen and oxygen atoms in total. The molecule has 1 heterocycles. The Morgan fingerprint density at radius 2 is 2.17 bits per heavy atom. The van der Waals surface area contributed by atoms with E-state index in [-0.39, 0.29) is 29.9 Å². The lowest BCUT2D eigenvalue weighted by molar-refractivity contribution is -0.134. The first-order chi connectivity index (χ1) is 8.43. The van der Waals surface area contributed by atoms with Gasteiger partial charge in [-0.25, -0.2) is 0 Å². The molecule has 1 rings (SSSR count). The fourth-order valence-electron chi connectivity index (χ4n) is 2.14. The van der Waals surface area contributed by atoms with Crippen LogP contribution in [0.4, 0.5) is 0 Å². The highest BCUT2D eigenvalue weighted by molar-refractivity contribution is 5.89. The summed E-state index contributed by atoms with van der Waals surface area (Å²) in [4.78, 5) is 23.6. The lowest BCUT2D eigenvalue weighted by Gasteiger charge is -2.22. The van der Waals surface area contributed by atoms with Crippen molar-refractivity contribution in [3.05, 3.63) is 0 Å². The van der Waals surface area contributed by atoms with E-state index in [0.29, 0.717) is 13.0 Å². The van der Waals surface area contributed by atoms with Gasteiger partial charge in [0.1, 0.15) is 6.10 Å². The van der Waals surface area contributed by atoms with Gasteiger partial charge in [0.2, 0.25) is 5.91 Å². The number of hydrogen-bond acceptors (Lipinski definition) is 4. The first kappa shape index (κ1) is 15.1. The van der Waals surface area contributed by atoms with Crippen molar-refractivity contribution in [1.29, 1.82) is 0 Å². The van der Waals surface area contributed by atoms with E-state index in [1.807, 2.05) is 13.8 Å². The minimum Gasteiger partial charge on any atom is -0.384 e. The van der Waals surface area contributed by atoms with Crippen LogP contribution in [0.25, 0.3) is 0 Å². The zero-order chi connectivity index (χ0) is 13.7. The summed E-state index contributed by atoms with van der Waals surface area (Å²) >= 11 is 0. The minimum absolute atomic E-state index is 0.0342. The Balaban J connectivity index is 2.54. The number of nitrogens with two attached hydrogens (primary N) is 1. The van der Waals surface area contributed by atoms with Gasteiger partial charge < -0.3 is 16.2 Å². The third kappa shape index (κ3) is 4.07. The first-order valence-electron chi connectivity index (χ1n) is 6.67. The molecule has 1 aliphatic rings. The van der Waals surface area contributed by atoms with Gasteiger partial charge in [0.15, 0.2) is 5.78 Å². The van der Waals surface area contributed by atoms with Gasteiger partial charge in [-0.05, 0) is 18.8 Å². The summed E-state index contributed by atoms with van der Waals surface area (Å²) in [6.07, 6.45) is 1.52. The maximum absolute atomic E-state index is 11.9. The molecule has 0 bridgehead atoms. The second kappa shape index (κ2) is 6.85. The fourth-order valence-corrected chi connectivity index (χ4v) is 2.14. The van der Waals surface area contributed by atoms with E-state index in [1.165, 1.54) is 0 Å². The van der Waals surface area contributed by atoms with E-state index in [0.717, 1.165) is 12.8 Å². The summed E-state index contributed by atoms with van der Waals surface area (Å²) in [6.45, 7) is 4.40. The minimum atomic E-state index is -1.17. The Bertz CT molecular complexity index is 305. The second-order valence-corrected chi connectivity index (χ2v) is 5.42. The van der Waals surface area contributed by atoms with Gasteiger partial charge in [-0.2, -0.15) is 0 Å². The summed E-state index contributed by atoms with van der Waals surface area (Å²) in [5.74, 6) is -0.676. The van der Waals surface area contributed by atoms with E-state index in [4.69, 9.17) is 5.73 Å². The van der Waals surface area contributed by atoms with E-state index >= 15 is 0 Å². The molecule has 0 saturated carbocycles. The largest absolute Gasteiger partial charge is 0.384 e. The van der Waals surface area contributed by atoms with Crippen LogP contribution < -0.4 is 11.1 Å². The smallest absolute Gasteiger partial charge is 0.223 e. The number of aliphatic hydroxyl groups excluding tert-OH is 1. The Labute approximate surface area is 108 Å². The third-order valence-corrected chi connectivity index (χ3v) is 3.56. The van der Waals surface area contributed by atoms with Crippen LogP contribution in [-0.4, -0.2) is 35.5 Å². The van der Waals surface area contributed by atoms with Crippen molar-refractivity contribution >= 4 is 11.7 Å². The van der Waals surface area contributed by atoms with Crippen LogP contribution in [0.1, 0.15) is 39.5 Å². The average molecular weight is 256 g/mol. The molecule has 0 aliphatic carbocycles. The van der Waals surface area contributed by atoms with E-state index in [1.54, 1.807) is 0 Å². The number of ketones is 1. The summed E-state index contributed by atoms with van der Waals surface area (Å²) in [7, 11) is 0. The predicted octanol–water partition coefficient (Wildman–Crippen LogP) is 0.206. The molecule has 104 valence electrons. The molecule has 0 spiro atoms. The zero-order valence-corrected chi connectivity index (χ0v) is 11.2. The van der Waals surface area contributed by atoms with E-state index in [2.05, 4.69) is 5.32 Å². The molecule has 0 aromatic rings. The van der Waals surface area contributed by atoms with E-state index in [9.17, 15) is 14.7 Å². The third-order valence-electron chi connectivity index (χ3n) is 3.56. The summed E-state index contributed by atoms with van der Waals surface area (Å²) in [5, 5.41) is 12.6. The standard InChI is InChI=1S/C13H24N2O3/c1-8(2)11(14)12(17)10(16)7-9-5-3-4-6-15-13(9)18/h8-9,11-12,17H,3-7,14H2,1-2H3,(H,15,18)/t9-,11+,12-/m1/s1. The predicted molar refractivity (Wildman–Crippen MR) is 68.8 cm³/mol. The zero-order valence-electron chi connectivity index (χ0n) is 11.2. The molecule has 0 unspecified atom stereocenters. The Morgan fingerprint density at radius 3 is 2.78 bits per heavy atom. The summed E-state index contributed by atoms with van der Waals surface area (Å²) in [5.41, 5.74) is 5.76. The molecule has 18 heavy (non-hydrogen) atoms. The van der Waals surface area contributed by atoms with Crippen LogP contribution in [0, 0.1) is 11.8 Å². The number of aliphatic hydroxyl groups is 1. The second-order valence-electron chi connectivity index (χ2n) is 5.42. The van der Waals surface area contributed by atoms with Crippen molar-refractivity contribution in [2.75, 3.05) is 6.54 Å². The normalized spacial score (nSPS) is 24.3. The topological polar surface area (TPSA) is 92.4 Å². The van der Waals surface area contributed by atoms with Gasteiger partial charge in [0.05, 0.1) is 0 Å². The average Bonchev–Trinajstić information content (AvgIpc) is 2.53. The number of hydrogen-bond donors (Lipinski definition) is 3. The van der Waals surface area contributed by atoms with Crippen molar-refractivity contribution in [3.8, 4) is 0 Å². The van der Waals surface area contributed by atoms with Gasteiger partial charge in [0.25, 0.3) is 0 Å². The molecule has 3 atom stereocenters. The number of rotatable bonds is 5.